The first kappa shape index (κ1) is 15.0. The van der Waals surface area contributed by atoms with Crippen LogP contribution in [0.25, 0.3) is 0 Å². The van der Waals surface area contributed by atoms with Crippen molar-refractivity contribution in [3.05, 3.63) is 41.2 Å². The van der Waals surface area contributed by atoms with Gasteiger partial charge in [0.2, 0.25) is 0 Å². The summed E-state index contributed by atoms with van der Waals surface area (Å²) in [4.78, 5) is 0. The molecule has 0 aromatic heterocycles. The molecule has 0 heterocycles. The van der Waals surface area contributed by atoms with E-state index >= 15 is 0 Å². The molecule has 0 amide bonds. The van der Waals surface area contributed by atoms with E-state index in [2.05, 4.69) is 6.58 Å². The lowest BCUT2D eigenvalue weighted by Crippen LogP contribution is -2.24. The molecule has 1 rings (SSSR count). The van der Waals surface area contributed by atoms with Crippen molar-refractivity contribution in [1.82, 2.24) is 0 Å². The lowest BCUT2D eigenvalue weighted by molar-refractivity contribution is -0.141. The largest absolute Gasteiger partial charge is 0.417 e. The molecule has 1 aromatic rings. The van der Waals surface area contributed by atoms with Gasteiger partial charge in [-0.2, -0.15) is 26.3 Å². The second-order valence-electron chi connectivity index (χ2n) is 3.63. The van der Waals surface area contributed by atoms with Gasteiger partial charge in [0.1, 0.15) is 0 Å². The van der Waals surface area contributed by atoms with Crippen LogP contribution in [-0.4, -0.2) is 0 Å². The van der Waals surface area contributed by atoms with E-state index in [1.54, 1.807) is 0 Å². The van der Waals surface area contributed by atoms with Crippen LogP contribution in [0.5, 0.6) is 0 Å². The standard InChI is InChI=1S/C11H9F6P/c1-6(2)18-9-7(10(12,13)14)4-3-5-8(9)11(15,16)17/h3-5,18H,1H2,2H3. The topological polar surface area (TPSA) is 0 Å². The Bertz CT molecular complexity index is 425. The second kappa shape index (κ2) is 4.92. The minimum absolute atomic E-state index is 0.261. The van der Waals surface area contributed by atoms with E-state index < -0.39 is 37.4 Å². The SMILES string of the molecule is C=C(C)Pc1c(C(F)(F)F)cccc1C(F)(F)F. The van der Waals surface area contributed by atoms with Crippen LogP contribution in [0.15, 0.2) is 30.1 Å². The summed E-state index contributed by atoms with van der Waals surface area (Å²) in [5.74, 6) is 0. The first-order valence-corrected chi connectivity index (χ1v) is 5.73. The van der Waals surface area contributed by atoms with Gasteiger partial charge in [-0.1, -0.05) is 26.5 Å². The third-order valence-corrected chi connectivity index (χ3v) is 3.23. The fourth-order valence-electron chi connectivity index (χ4n) is 1.37. The summed E-state index contributed by atoms with van der Waals surface area (Å²) in [6.07, 6.45) is -9.61. The first-order valence-electron chi connectivity index (χ1n) is 4.73. The van der Waals surface area contributed by atoms with Gasteiger partial charge in [0, 0.05) is 5.30 Å². The number of rotatable bonds is 2. The fourth-order valence-corrected chi connectivity index (χ4v) is 2.52. The monoisotopic (exact) mass is 286 g/mol. The molecule has 1 unspecified atom stereocenters. The van der Waals surface area contributed by atoms with Crippen molar-refractivity contribution in [2.75, 3.05) is 0 Å². The number of alkyl halides is 6. The highest BCUT2D eigenvalue weighted by atomic mass is 31.1. The quantitative estimate of drug-likeness (QED) is 0.552. The molecule has 0 fully saturated rings. The summed E-state index contributed by atoms with van der Waals surface area (Å²) < 4.78 is 76.0. The van der Waals surface area contributed by atoms with Crippen molar-refractivity contribution < 1.29 is 26.3 Å². The zero-order valence-electron chi connectivity index (χ0n) is 9.21. The number of halogens is 6. The second-order valence-corrected chi connectivity index (χ2v) is 5.23. The van der Waals surface area contributed by atoms with Gasteiger partial charge in [-0.15, -0.1) is 0 Å². The van der Waals surface area contributed by atoms with Gasteiger partial charge in [0.15, 0.2) is 0 Å². The van der Waals surface area contributed by atoms with Crippen LogP contribution in [0, 0.1) is 0 Å². The number of benzene rings is 1. The van der Waals surface area contributed by atoms with Crippen LogP contribution < -0.4 is 5.30 Å². The third kappa shape index (κ3) is 3.48. The molecule has 0 bridgehead atoms. The van der Waals surface area contributed by atoms with Crippen molar-refractivity contribution in [3.63, 3.8) is 0 Å². The molecule has 0 aliphatic carbocycles. The molecule has 0 aliphatic rings. The van der Waals surface area contributed by atoms with Crippen molar-refractivity contribution in [1.29, 1.82) is 0 Å². The zero-order valence-corrected chi connectivity index (χ0v) is 10.2. The molecule has 0 saturated carbocycles. The summed E-state index contributed by atoms with van der Waals surface area (Å²) in [5.41, 5.74) is -2.50. The highest BCUT2D eigenvalue weighted by molar-refractivity contribution is 7.52. The Labute approximate surface area is 101 Å². The molecule has 0 saturated heterocycles. The van der Waals surface area contributed by atoms with Gasteiger partial charge in [0.05, 0.1) is 11.1 Å². The van der Waals surface area contributed by atoms with Crippen LogP contribution in [0.2, 0.25) is 0 Å². The normalized spacial score (nSPS) is 13.3. The Balaban J connectivity index is 3.50. The minimum atomic E-state index is -4.81. The maximum absolute atomic E-state index is 12.7. The van der Waals surface area contributed by atoms with Gasteiger partial charge >= 0.3 is 12.4 Å². The molecule has 1 atom stereocenters. The maximum Gasteiger partial charge on any atom is 0.417 e. The molecule has 100 valence electrons. The van der Waals surface area contributed by atoms with Crippen LogP contribution in [0.1, 0.15) is 18.1 Å². The van der Waals surface area contributed by atoms with E-state index in [0.717, 1.165) is 6.07 Å². The zero-order chi connectivity index (χ0) is 14.1. The summed E-state index contributed by atoms with van der Waals surface area (Å²) in [5, 5.41) is -0.484. The predicted octanol–water partition coefficient (Wildman–Crippen LogP) is 4.56. The lowest BCUT2D eigenvalue weighted by Gasteiger charge is -2.18. The van der Waals surface area contributed by atoms with Crippen molar-refractivity contribution in [3.8, 4) is 0 Å². The van der Waals surface area contributed by atoms with Crippen LogP contribution in [-0.2, 0) is 12.4 Å². The fraction of sp³-hybridized carbons (Fsp3) is 0.273. The Morgan fingerprint density at radius 2 is 1.39 bits per heavy atom. The molecule has 7 heteroatoms. The van der Waals surface area contributed by atoms with E-state index in [0.29, 0.717) is 12.1 Å². The highest BCUT2D eigenvalue weighted by Gasteiger charge is 2.40. The third-order valence-electron chi connectivity index (χ3n) is 2.01. The van der Waals surface area contributed by atoms with Crippen molar-refractivity contribution >= 4 is 13.9 Å². The average Bonchev–Trinajstić information content (AvgIpc) is 2.13. The molecule has 0 nitrogen and oxygen atoms in total. The van der Waals surface area contributed by atoms with Crippen LogP contribution >= 0.6 is 8.58 Å². The molecule has 0 aliphatic heterocycles. The average molecular weight is 286 g/mol. The van der Waals surface area contributed by atoms with Crippen LogP contribution in [0.3, 0.4) is 0 Å². The van der Waals surface area contributed by atoms with Crippen LogP contribution in [0.4, 0.5) is 26.3 Å². The van der Waals surface area contributed by atoms with E-state index in [1.807, 2.05) is 0 Å². The first-order chi connectivity index (χ1) is 8.03. The number of allylic oxidation sites excluding steroid dienone is 1. The Morgan fingerprint density at radius 3 is 1.67 bits per heavy atom. The molecule has 0 N–H and O–H groups in total. The number of hydrogen-bond donors (Lipinski definition) is 0. The van der Waals surface area contributed by atoms with Gasteiger partial charge < -0.3 is 0 Å². The van der Waals surface area contributed by atoms with Gasteiger partial charge in [0.25, 0.3) is 0 Å². The lowest BCUT2D eigenvalue weighted by atomic mass is 10.1. The van der Waals surface area contributed by atoms with Crippen molar-refractivity contribution in [2.45, 2.75) is 19.3 Å². The maximum atomic E-state index is 12.7. The van der Waals surface area contributed by atoms with Gasteiger partial charge in [-0.3, -0.25) is 0 Å². The summed E-state index contributed by atoms with van der Waals surface area (Å²) in [6.45, 7) is 4.77. The smallest absolute Gasteiger partial charge is 0.166 e. The summed E-state index contributed by atoms with van der Waals surface area (Å²) in [7, 11) is -0.729. The molecular weight excluding hydrogens is 277 g/mol. The molecular formula is C11H9F6P. The van der Waals surface area contributed by atoms with Gasteiger partial charge in [-0.05, 0) is 19.1 Å². The Hall–Kier alpha value is -1.03. The molecule has 18 heavy (non-hydrogen) atoms. The minimum Gasteiger partial charge on any atom is -0.166 e. The predicted molar refractivity (Wildman–Crippen MR) is 59.2 cm³/mol. The molecule has 1 aromatic carbocycles. The molecule has 0 spiro atoms. The molecule has 0 radical (unpaired) electrons. The van der Waals surface area contributed by atoms with E-state index in [9.17, 15) is 26.3 Å². The summed E-state index contributed by atoms with van der Waals surface area (Å²) in [6, 6.07) is 2.07. The number of hydrogen-bond acceptors (Lipinski definition) is 0. The highest BCUT2D eigenvalue weighted by Crippen LogP contribution is 2.39. The van der Waals surface area contributed by atoms with E-state index in [1.165, 1.54) is 6.92 Å². The van der Waals surface area contributed by atoms with E-state index in [-0.39, 0.29) is 5.31 Å². The summed E-state index contributed by atoms with van der Waals surface area (Å²) >= 11 is 0. The van der Waals surface area contributed by atoms with E-state index in [4.69, 9.17) is 0 Å². The van der Waals surface area contributed by atoms with Crippen molar-refractivity contribution in [2.24, 2.45) is 0 Å². The Morgan fingerprint density at radius 1 is 1.00 bits per heavy atom. The van der Waals surface area contributed by atoms with Gasteiger partial charge in [-0.25, -0.2) is 0 Å². The Kier molecular flexibility index (Phi) is 4.11.